The van der Waals surface area contributed by atoms with Crippen molar-refractivity contribution in [3.8, 4) is 0 Å². The molecule has 0 aromatic heterocycles. The van der Waals surface area contributed by atoms with Crippen molar-refractivity contribution >= 4 is 11.7 Å². The van der Waals surface area contributed by atoms with Crippen LogP contribution >= 0.6 is 0 Å². The van der Waals surface area contributed by atoms with Gasteiger partial charge in [-0.15, -0.1) is 0 Å². The first-order valence-corrected chi connectivity index (χ1v) is 8.14. The lowest BCUT2D eigenvalue weighted by Gasteiger charge is -2.24. The van der Waals surface area contributed by atoms with Crippen LogP contribution in [-0.2, 0) is 16.0 Å². The highest BCUT2D eigenvalue weighted by atomic mass is 16.5. The molecule has 5 nitrogen and oxygen atoms in total. The first kappa shape index (κ1) is 16.5. The summed E-state index contributed by atoms with van der Waals surface area (Å²) in [7, 11) is 0. The van der Waals surface area contributed by atoms with Gasteiger partial charge in [0.15, 0.2) is 0 Å². The van der Waals surface area contributed by atoms with Crippen molar-refractivity contribution in [3.63, 3.8) is 0 Å². The zero-order chi connectivity index (χ0) is 17.3. The van der Waals surface area contributed by atoms with Crippen LogP contribution in [0.5, 0.6) is 0 Å². The first-order chi connectivity index (χ1) is 11.5. The van der Waals surface area contributed by atoms with Gasteiger partial charge in [-0.25, -0.2) is 0 Å². The van der Waals surface area contributed by atoms with Gasteiger partial charge >= 0.3 is 5.97 Å². The van der Waals surface area contributed by atoms with Crippen molar-refractivity contribution in [1.82, 2.24) is 0 Å². The van der Waals surface area contributed by atoms with Gasteiger partial charge in [0, 0.05) is 0 Å². The predicted octanol–water partition coefficient (Wildman–Crippen LogP) is 2.80. The van der Waals surface area contributed by atoms with Gasteiger partial charge in [-0.2, -0.15) is 0 Å². The molecule has 1 unspecified atom stereocenters. The number of nitrogens with one attached hydrogen (secondary N) is 1. The van der Waals surface area contributed by atoms with Gasteiger partial charge in [0.25, 0.3) is 0 Å². The Kier molecular flexibility index (Phi) is 4.53. The van der Waals surface area contributed by atoms with Crippen molar-refractivity contribution in [2.45, 2.75) is 38.2 Å². The minimum atomic E-state index is -1.12. The smallest absolute Gasteiger partial charge is 0.306 e. The van der Waals surface area contributed by atoms with E-state index in [1.807, 2.05) is 24.3 Å². The maximum absolute atomic E-state index is 12.0. The second-order valence-electron chi connectivity index (χ2n) is 6.18. The van der Waals surface area contributed by atoms with Crippen LogP contribution in [0.3, 0.4) is 0 Å². The lowest BCUT2D eigenvalue weighted by molar-refractivity contribution is -0.143. The zero-order valence-corrected chi connectivity index (χ0v) is 13.6. The molecular formula is C19H21NO4. The number of hydrogen-bond acceptors (Lipinski definition) is 5. The van der Waals surface area contributed by atoms with Gasteiger partial charge < -0.3 is 14.9 Å². The molecule has 0 spiro atoms. The molecule has 5 heteroatoms. The summed E-state index contributed by atoms with van der Waals surface area (Å²) >= 11 is 0. The monoisotopic (exact) mass is 327 g/mol. The molecule has 2 aliphatic rings. The molecule has 0 aliphatic heterocycles. The van der Waals surface area contributed by atoms with Crippen LogP contribution in [-0.4, -0.2) is 34.6 Å². The highest BCUT2D eigenvalue weighted by Crippen LogP contribution is 2.39. The van der Waals surface area contributed by atoms with E-state index in [9.17, 15) is 15.0 Å². The molecule has 126 valence electrons. The summed E-state index contributed by atoms with van der Waals surface area (Å²) in [6, 6.07) is 7.88. The van der Waals surface area contributed by atoms with E-state index in [4.69, 9.17) is 10.1 Å². The number of aliphatic hydroxyl groups is 2. The number of rotatable bonds is 3. The number of benzene rings is 1. The number of allylic oxidation sites excluding steroid dienone is 2. The molecule has 24 heavy (non-hydrogen) atoms. The molecule has 0 amide bonds. The van der Waals surface area contributed by atoms with E-state index >= 15 is 0 Å². The third-order valence-corrected chi connectivity index (χ3v) is 4.66. The molecule has 2 atom stereocenters. The second-order valence-corrected chi connectivity index (χ2v) is 6.18. The van der Waals surface area contributed by atoms with Crippen LogP contribution in [0.1, 0.15) is 36.8 Å². The summed E-state index contributed by atoms with van der Waals surface area (Å²) in [5.74, 6) is -0.563. The molecule has 0 saturated carbocycles. The Morgan fingerprint density at radius 1 is 1.38 bits per heavy atom. The van der Waals surface area contributed by atoms with E-state index < -0.39 is 6.10 Å². The van der Waals surface area contributed by atoms with E-state index in [2.05, 4.69) is 0 Å². The van der Waals surface area contributed by atoms with E-state index in [0.717, 1.165) is 16.7 Å². The Bertz CT molecular complexity index is 747. The number of carbonyl (C=O) groups excluding carboxylic acids is 1. The number of aliphatic hydroxyl groups excluding tert-OH is 2. The fourth-order valence-electron chi connectivity index (χ4n) is 3.51. The van der Waals surface area contributed by atoms with Crippen molar-refractivity contribution in [2.24, 2.45) is 0 Å². The number of esters is 1. The molecule has 3 rings (SSSR count). The van der Waals surface area contributed by atoms with Gasteiger partial charge in [0.1, 0.15) is 17.6 Å². The van der Waals surface area contributed by atoms with Gasteiger partial charge in [0.2, 0.25) is 0 Å². The lowest BCUT2D eigenvalue weighted by Crippen LogP contribution is -2.29. The van der Waals surface area contributed by atoms with Crippen molar-refractivity contribution in [2.75, 3.05) is 6.61 Å². The predicted molar refractivity (Wildman–Crippen MR) is 90.2 cm³/mol. The molecule has 0 saturated heterocycles. The average Bonchev–Trinajstić information content (AvgIpc) is 2.70. The summed E-state index contributed by atoms with van der Waals surface area (Å²) in [5, 5.41) is 28.1. The first-order valence-electron chi connectivity index (χ1n) is 8.14. The number of carbonyl (C=O) groups is 1. The maximum atomic E-state index is 12.0. The molecule has 0 heterocycles. The summed E-state index contributed by atoms with van der Waals surface area (Å²) in [4.78, 5) is 12.0. The van der Waals surface area contributed by atoms with Crippen LogP contribution in [0.25, 0.3) is 0 Å². The summed E-state index contributed by atoms with van der Waals surface area (Å²) in [6.07, 6.45) is 1.72. The minimum absolute atomic E-state index is 0.108. The Morgan fingerprint density at radius 3 is 2.88 bits per heavy atom. The van der Waals surface area contributed by atoms with E-state index in [1.54, 1.807) is 13.0 Å². The highest BCUT2D eigenvalue weighted by Gasteiger charge is 2.33. The summed E-state index contributed by atoms with van der Waals surface area (Å²) < 4.78 is 5.09. The van der Waals surface area contributed by atoms with Crippen LogP contribution < -0.4 is 0 Å². The minimum Gasteiger partial charge on any atom is -0.506 e. The Morgan fingerprint density at radius 2 is 2.12 bits per heavy atom. The van der Waals surface area contributed by atoms with Crippen molar-refractivity contribution in [3.05, 3.63) is 58.4 Å². The van der Waals surface area contributed by atoms with Gasteiger partial charge in [0.05, 0.1) is 13.0 Å². The lowest BCUT2D eigenvalue weighted by atomic mass is 9.84. The Hall–Kier alpha value is -2.40. The van der Waals surface area contributed by atoms with E-state index in [1.165, 1.54) is 0 Å². The van der Waals surface area contributed by atoms with E-state index in [0.29, 0.717) is 25.0 Å². The van der Waals surface area contributed by atoms with Crippen LogP contribution in [0.2, 0.25) is 0 Å². The number of fused-ring (bicyclic) bond motifs is 1. The van der Waals surface area contributed by atoms with Crippen molar-refractivity contribution < 1.29 is 19.7 Å². The molecule has 1 aromatic carbocycles. The quantitative estimate of drug-likeness (QED) is 0.745. The zero-order valence-electron chi connectivity index (χ0n) is 13.6. The third-order valence-electron chi connectivity index (χ3n) is 4.66. The molecular weight excluding hydrogens is 306 g/mol. The standard InChI is InChI=1S/C19H21NO4/c1-2-24-17(22)10-13-8-15-12(9-16(21)18(20)19(15)23)7-11-5-3-4-6-14(11)13/h3-6,9,13,19-21,23H,2,7-8,10H2,1H3/t13-,19?/m0/s1. The van der Waals surface area contributed by atoms with Crippen LogP contribution in [0.15, 0.2) is 47.2 Å². The fraction of sp³-hybridized carbons (Fsp3) is 0.368. The molecule has 2 aliphatic carbocycles. The molecule has 1 aromatic rings. The summed E-state index contributed by atoms with van der Waals surface area (Å²) in [5.41, 5.74) is 3.49. The number of ether oxygens (including phenoxy) is 1. The van der Waals surface area contributed by atoms with Gasteiger partial charge in [-0.1, -0.05) is 24.3 Å². The number of hydrogen-bond donors (Lipinski definition) is 3. The van der Waals surface area contributed by atoms with E-state index in [-0.39, 0.29) is 29.8 Å². The maximum Gasteiger partial charge on any atom is 0.306 e. The second kappa shape index (κ2) is 6.61. The SMILES string of the molecule is CCOC(=O)C[C@@H]1CC2=C(C=C(O)C(=N)C2O)Cc2ccccc21. The third kappa shape index (κ3) is 2.99. The van der Waals surface area contributed by atoms with Crippen molar-refractivity contribution in [1.29, 1.82) is 5.41 Å². The van der Waals surface area contributed by atoms with Gasteiger partial charge in [-0.3, -0.25) is 10.2 Å². The largest absolute Gasteiger partial charge is 0.506 e. The Labute approximate surface area is 140 Å². The Balaban J connectivity index is 2.01. The molecule has 0 fully saturated rings. The average molecular weight is 327 g/mol. The molecule has 3 N–H and O–H groups in total. The van der Waals surface area contributed by atoms with Crippen LogP contribution in [0.4, 0.5) is 0 Å². The van der Waals surface area contributed by atoms with Crippen LogP contribution in [0, 0.1) is 5.41 Å². The molecule has 0 bridgehead atoms. The topological polar surface area (TPSA) is 90.6 Å². The fourth-order valence-corrected chi connectivity index (χ4v) is 3.51. The normalized spacial score (nSPS) is 23.1. The highest BCUT2D eigenvalue weighted by molar-refractivity contribution is 6.02. The molecule has 0 radical (unpaired) electrons. The summed E-state index contributed by atoms with van der Waals surface area (Å²) in [6.45, 7) is 2.12. The van der Waals surface area contributed by atoms with Gasteiger partial charge in [-0.05, 0) is 54.0 Å².